The summed E-state index contributed by atoms with van der Waals surface area (Å²) in [5, 5.41) is 3.08. The van der Waals surface area contributed by atoms with Crippen molar-refractivity contribution in [1.29, 1.82) is 0 Å². The maximum absolute atomic E-state index is 4.07. The van der Waals surface area contributed by atoms with Crippen molar-refractivity contribution in [3.8, 4) is 0 Å². The number of aromatic nitrogens is 1. The Labute approximate surface area is 52.4 Å². The molecule has 1 aromatic rings. The molecule has 3 heteroatoms. The van der Waals surface area contributed by atoms with E-state index in [1.165, 1.54) is 0 Å². The molecule has 0 unspecified atom stereocenters. The molecule has 0 amide bonds. The Balaban J connectivity index is 2.77. The van der Waals surface area contributed by atoms with Crippen molar-refractivity contribution in [2.75, 3.05) is 0 Å². The van der Waals surface area contributed by atoms with Crippen LogP contribution in [0.25, 0.3) is 0 Å². The van der Waals surface area contributed by atoms with Crippen LogP contribution in [0.5, 0.6) is 0 Å². The topological polar surface area (TPSA) is 40.5 Å². The van der Waals surface area contributed by atoms with Crippen molar-refractivity contribution < 1.29 is 5.73 Å². The van der Waals surface area contributed by atoms with Crippen molar-refractivity contribution >= 4 is 11.3 Å². The highest BCUT2D eigenvalue weighted by Crippen LogP contribution is 2.09. The van der Waals surface area contributed by atoms with Gasteiger partial charge in [0, 0.05) is 11.6 Å². The lowest BCUT2D eigenvalue weighted by Gasteiger charge is -1.90. The molecular weight excluding hydrogens is 120 g/mol. The smallest absolute Gasteiger partial charge is 0.150 e. The fourth-order valence-electron chi connectivity index (χ4n) is 0.478. The molecule has 44 valence electrons. The van der Waals surface area contributed by atoms with Gasteiger partial charge in [-0.15, -0.1) is 11.3 Å². The van der Waals surface area contributed by atoms with Gasteiger partial charge in [0.15, 0.2) is 0 Å². The average Bonchev–Trinajstić information content (AvgIpc) is 2.12. The van der Waals surface area contributed by atoms with Gasteiger partial charge in [-0.1, -0.05) is 0 Å². The summed E-state index contributed by atoms with van der Waals surface area (Å²) in [5.74, 6) is 0. The minimum absolute atomic E-state index is 0.343. The molecule has 1 atom stereocenters. The van der Waals surface area contributed by atoms with Crippen LogP contribution < -0.4 is 5.73 Å². The molecule has 0 fully saturated rings. The van der Waals surface area contributed by atoms with Crippen LogP contribution in [0, 0.1) is 0 Å². The largest absolute Gasteiger partial charge is 0.350 e. The first kappa shape index (κ1) is 5.72. The van der Waals surface area contributed by atoms with Gasteiger partial charge in [0.25, 0.3) is 0 Å². The van der Waals surface area contributed by atoms with Crippen LogP contribution in [0.15, 0.2) is 11.6 Å². The highest BCUT2D eigenvalue weighted by atomic mass is 32.1. The van der Waals surface area contributed by atoms with E-state index < -0.39 is 0 Å². The molecule has 0 aliphatic carbocycles. The first-order valence-electron chi connectivity index (χ1n) is 2.53. The second-order valence-electron chi connectivity index (χ2n) is 1.77. The van der Waals surface area contributed by atoms with Crippen molar-refractivity contribution in [1.82, 2.24) is 4.98 Å². The molecule has 0 aliphatic rings. The summed E-state index contributed by atoms with van der Waals surface area (Å²) in [4.78, 5) is 4.07. The minimum atomic E-state index is 0.343. The average molecular weight is 129 g/mol. The second kappa shape index (κ2) is 2.24. The number of rotatable bonds is 1. The van der Waals surface area contributed by atoms with Gasteiger partial charge >= 0.3 is 0 Å². The van der Waals surface area contributed by atoms with Crippen molar-refractivity contribution in [2.24, 2.45) is 0 Å². The number of quaternary nitrogens is 1. The minimum Gasteiger partial charge on any atom is -0.350 e. The Bertz CT molecular complexity index is 145. The van der Waals surface area contributed by atoms with Gasteiger partial charge < -0.3 is 5.73 Å². The van der Waals surface area contributed by atoms with Crippen LogP contribution in [-0.4, -0.2) is 4.98 Å². The molecule has 8 heavy (non-hydrogen) atoms. The molecule has 0 radical (unpaired) electrons. The molecule has 2 nitrogen and oxygen atoms in total. The maximum atomic E-state index is 4.07. The molecule has 1 heterocycles. The van der Waals surface area contributed by atoms with E-state index in [-0.39, 0.29) is 0 Å². The molecular formula is C5H9N2S+. The highest BCUT2D eigenvalue weighted by Gasteiger charge is 2.02. The molecule has 0 saturated carbocycles. The Morgan fingerprint density at radius 1 is 1.88 bits per heavy atom. The molecule has 0 saturated heterocycles. The van der Waals surface area contributed by atoms with Crippen molar-refractivity contribution in [3.63, 3.8) is 0 Å². The first-order chi connectivity index (χ1) is 3.80. The highest BCUT2D eigenvalue weighted by molar-refractivity contribution is 7.09. The van der Waals surface area contributed by atoms with Gasteiger partial charge in [-0.05, 0) is 6.92 Å². The number of hydrogen-bond donors (Lipinski definition) is 1. The SMILES string of the molecule is C[C@@H]([NH3+])c1nccs1. The Morgan fingerprint density at radius 2 is 2.62 bits per heavy atom. The number of hydrogen-bond acceptors (Lipinski definition) is 2. The van der Waals surface area contributed by atoms with E-state index in [1.54, 1.807) is 11.3 Å². The predicted molar refractivity (Wildman–Crippen MR) is 33.4 cm³/mol. The molecule has 1 aromatic heterocycles. The first-order valence-corrected chi connectivity index (χ1v) is 3.41. The van der Waals surface area contributed by atoms with E-state index >= 15 is 0 Å². The summed E-state index contributed by atoms with van der Waals surface area (Å²) in [5.41, 5.74) is 3.83. The van der Waals surface area contributed by atoms with Crippen LogP contribution in [0.2, 0.25) is 0 Å². The predicted octanol–water partition coefficient (Wildman–Crippen LogP) is 0.446. The summed E-state index contributed by atoms with van der Waals surface area (Å²) >= 11 is 1.66. The normalized spacial score (nSPS) is 13.8. The van der Waals surface area contributed by atoms with Crippen LogP contribution >= 0.6 is 11.3 Å². The number of thiazole rings is 1. The maximum Gasteiger partial charge on any atom is 0.150 e. The Hall–Kier alpha value is -0.410. The molecule has 3 N–H and O–H groups in total. The second-order valence-corrected chi connectivity index (χ2v) is 2.70. The molecule has 0 spiro atoms. The Morgan fingerprint density at radius 3 is 2.88 bits per heavy atom. The van der Waals surface area contributed by atoms with E-state index in [2.05, 4.69) is 10.7 Å². The third-order valence-corrected chi connectivity index (χ3v) is 1.88. The van der Waals surface area contributed by atoms with E-state index in [1.807, 2.05) is 18.5 Å². The quantitative estimate of drug-likeness (QED) is 0.587. The lowest BCUT2D eigenvalue weighted by atomic mass is 10.4. The number of nitrogens with zero attached hydrogens (tertiary/aromatic N) is 1. The van der Waals surface area contributed by atoms with Gasteiger partial charge in [0.2, 0.25) is 0 Å². The van der Waals surface area contributed by atoms with Gasteiger partial charge in [-0.25, -0.2) is 4.98 Å². The third kappa shape index (κ3) is 1.05. The molecule has 0 aromatic carbocycles. The van der Waals surface area contributed by atoms with Gasteiger partial charge in [-0.2, -0.15) is 0 Å². The van der Waals surface area contributed by atoms with E-state index in [9.17, 15) is 0 Å². The van der Waals surface area contributed by atoms with Crippen LogP contribution in [0.1, 0.15) is 18.0 Å². The van der Waals surface area contributed by atoms with Crippen molar-refractivity contribution in [3.05, 3.63) is 16.6 Å². The third-order valence-electron chi connectivity index (χ3n) is 0.873. The van der Waals surface area contributed by atoms with Gasteiger partial charge in [0.1, 0.15) is 11.0 Å². The van der Waals surface area contributed by atoms with Gasteiger partial charge in [0.05, 0.1) is 0 Å². The molecule has 0 aliphatic heterocycles. The standard InChI is InChI=1S/C5H8N2S/c1-4(6)5-7-2-3-8-5/h2-4H,6H2,1H3/p+1/t4-/m1/s1. The monoisotopic (exact) mass is 129 g/mol. The van der Waals surface area contributed by atoms with Crippen molar-refractivity contribution in [2.45, 2.75) is 13.0 Å². The fraction of sp³-hybridized carbons (Fsp3) is 0.400. The Kier molecular flexibility index (Phi) is 1.60. The molecule has 1 rings (SSSR count). The summed E-state index contributed by atoms with van der Waals surface area (Å²) in [7, 11) is 0. The summed E-state index contributed by atoms with van der Waals surface area (Å²) in [6.45, 7) is 2.04. The zero-order valence-corrected chi connectivity index (χ0v) is 5.61. The lowest BCUT2D eigenvalue weighted by molar-refractivity contribution is -0.420. The zero-order valence-electron chi connectivity index (χ0n) is 4.79. The van der Waals surface area contributed by atoms with Crippen LogP contribution in [0.4, 0.5) is 0 Å². The summed E-state index contributed by atoms with van der Waals surface area (Å²) in [6, 6.07) is 0.343. The molecule has 0 bridgehead atoms. The lowest BCUT2D eigenvalue weighted by Crippen LogP contribution is -2.51. The van der Waals surface area contributed by atoms with Crippen LogP contribution in [-0.2, 0) is 0 Å². The van der Waals surface area contributed by atoms with E-state index in [0.29, 0.717) is 6.04 Å². The summed E-state index contributed by atoms with van der Waals surface area (Å²) < 4.78 is 0. The fourth-order valence-corrected chi connectivity index (χ4v) is 1.09. The van der Waals surface area contributed by atoms with E-state index in [4.69, 9.17) is 0 Å². The van der Waals surface area contributed by atoms with Crippen LogP contribution in [0.3, 0.4) is 0 Å². The zero-order chi connectivity index (χ0) is 5.98. The van der Waals surface area contributed by atoms with Gasteiger partial charge in [-0.3, -0.25) is 0 Å². The summed E-state index contributed by atoms with van der Waals surface area (Å²) in [6.07, 6.45) is 1.81. The van der Waals surface area contributed by atoms with E-state index in [0.717, 1.165) is 5.01 Å².